The van der Waals surface area contributed by atoms with Gasteiger partial charge in [-0.15, -0.1) is 0 Å². The van der Waals surface area contributed by atoms with Gasteiger partial charge in [-0.25, -0.2) is 4.99 Å². The van der Waals surface area contributed by atoms with Crippen LogP contribution in [0.5, 0.6) is 0 Å². The average Bonchev–Trinajstić information content (AvgIpc) is 3.79. The molecule has 0 N–H and O–H groups in total. The molecule has 0 spiro atoms. The number of nitrogens with zero attached hydrogens (tertiary/aromatic N) is 4. The smallest absolute Gasteiger partial charge is 0.269 e. The highest BCUT2D eigenvalue weighted by Crippen LogP contribution is 2.43. The predicted octanol–water partition coefficient (Wildman–Crippen LogP) is 8.40. The van der Waals surface area contributed by atoms with Crippen LogP contribution in [0.3, 0.4) is 0 Å². The minimum absolute atomic E-state index is 0.0592. The van der Waals surface area contributed by atoms with Crippen molar-refractivity contribution in [3.8, 4) is 45.7 Å². The average molecular weight is 543 g/mol. The monoisotopic (exact) mass is 542 g/mol. The molecule has 4 heterocycles. The van der Waals surface area contributed by atoms with Crippen molar-refractivity contribution in [2.45, 2.75) is 13.8 Å². The molecule has 0 saturated heterocycles. The molecule has 0 aliphatic rings. The summed E-state index contributed by atoms with van der Waals surface area (Å²) in [5.74, 6) is 1.47. The molecule has 0 bridgehead atoms. The maximum Gasteiger partial charge on any atom is 0.269 e. The molecular weight excluding hydrogens is 520 g/mol. The Labute approximate surface area is 234 Å². The topological polar surface area (TPSA) is 124 Å². The number of aromatic nitrogens is 1. The van der Waals surface area contributed by atoms with Gasteiger partial charge in [-0.2, -0.15) is 5.26 Å². The summed E-state index contributed by atoms with van der Waals surface area (Å²) < 4.78 is 19.3. The van der Waals surface area contributed by atoms with E-state index in [-0.39, 0.29) is 17.1 Å². The first-order valence-electron chi connectivity index (χ1n) is 12.7. The summed E-state index contributed by atoms with van der Waals surface area (Å²) in [5.41, 5.74) is 6.42. The van der Waals surface area contributed by atoms with E-state index in [0.717, 1.165) is 33.8 Å². The standard InChI is InChI=1S/C32H22N4O5/c1-20-17-24(21(2)35(20)25-11-7-22(8-12-25)23-9-13-26(14-10-23)36(37)38)19-34-32-27(18-33)30(28-5-3-15-39-28)31(41-32)29-6-4-16-40-29/h3-17,19H,1-2H3. The molecule has 0 radical (unpaired) electrons. The van der Waals surface area contributed by atoms with E-state index in [2.05, 4.69) is 15.6 Å². The maximum absolute atomic E-state index is 11.0. The van der Waals surface area contributed by atoms with Gasteiger partial charge in [0.15, 0.2) is 11.5 Å². The van der Waals surface area contributed by atoms with E-state index in [0.29, 0.717) is 22.8 Å². The van der Waals surface area contributed by atoms with E-state index in [1.165, 1.54) is 24.7 Å². The predicted molar refractivity (Wildman–Crippen MR) is 153 cm³/mol. The number of rotatable bonds is 7. The zero-order chi connectivity index (χ0) is 28.5. The zero-order valence-corrected chi connectivity index (χ0v) is 22.1. The molecule has 0 atom stereocenters. The minimum atomic E-state index is -0.408. The van der Waals surface area contributed by atoms with Crippen molar-refractivity contribution in [2.75, 3.05) is 0 Å². The summed E-state index contributed by atoms with van der Waals surface area (Å²) in [6, 6.07) is 25.7. The van der Waals surface area contributed by atoms with E-state index in [9.17, 15) is 15.4 Å². The van der Waals surface area contributed by atoms with E-state index >= 15 is 0 Å². The van der Waals surface area contributed by atoms with Crippen LogP contribution < -0.4 is 0 Å². The van der Waals surface area contributed by atoms with Crippen LogP contribution in [0.1, 0.15) is 22.5 Å². The SMILES string of the molecule is Cc1cc(C=Nc2oc(-c3ccco3)c(-c3ccco3)c2C#N)c(C)n1-c1ccc(-c2ccc([N+](=O)[O-])cc2)cc1. The number of hydrogen-bond donors (Lipinski definition) is 0. The number of non-ortho nitro benzene ring substituents is 1. The first kappa shape index (κ1) is 25.4. The van der Waals surface area contributed by atoms with Crippen molar-refractivity contribution >= 4 is 17.8 Å². The summed E-state index contributed by atoms with van der Waals surface area (Å²) in [6.45, 7) is 4.00. The van der Waals surface area contributed by atoms with Crippen molar-refractivity contribution < 1.29 is 18.2 Å². The normalized spacial score (nSPS) is 11.2. The van der Waals surface area contributed by atoms with Gasteiger partial charge in [0.05, 0.1) is 23.0 Å². The van der Waals surface area contributed by atoms with Crippen LogP contribution in [0, 0.1) is 35.3 Å². The number of nitriles is 1. The summed E-state index contributed by atoms with van der Waals surface area (Å²) >= 11 is 0. The second kappa shape index (κ2) is 10.4. The molecule has 0 aliphatic heterocycles. The Hall–Kier alpha value is -5.88. The highest BCUT2D eigenvalue weighted by Gasteiger charge is 2.26. The number of nitro groups is 1. The van der Waals surface area contributed by atoms with Crippen molar-refractivity contribution in [3.05, 3.63) is 124 Å². The molecule has 0 unspecified atom stereocenters. The van der Waals surface area contributed by atoms with Crippen molar-refractivity contribution in [2.24, 2.45) is 4.99 Å². The highest BCUT2D eigenvalue weighted by atomic mass is 16.6. The number of nitro benzene ring substituents is 1. The van der Waals surface area contributed by atoms with Crippen LogP contribution in [-0.2, 0) is 0 Å². The van der Waals surface area contributed by atoms with Gasteiger partial charge >= 0.3 is 0 Å². The summed E-state index contributed by atoms with van der Waals surface area (Å²) in [4.78, 5) is 15.1. The zero-order valence-electron chi connectivity index (χ0n) is 22.1. The number of aryl methyl sites for hydroxylation is 1. The summed E-state index contributed by atoms with van der Waals surface area (Å²) in [7, 11) is 0. The first-order chi connectivity index (χ1) is 19.9. The Morgan fingerprint density at radius 3 is 2.15 bits per heavy atom. The third-order valence-corrected chi connectivity index (χ3v) is 6.84. The quantitative estimate of drug-likeness (QED) is 0.113. The van der Waals surface area contributed by atoms with Gasteiger partial charge in [0.25, 0.3) is 5.69 Å². The molecule has 0 amide bonds. The van der Waals surface area contributed by atoms with E-state index < -0.39 is 4.92 Å². The fourth-order valence-electron chi connectivity index (χ4n) is 4.87. The largest absolute Gasteiger partial charge is 0.464 e. The molecule has 0 saturated carbocycles. The lowest BCUT2D eigenvalue weighted by Crippen LogP contribution is -1.99. The third-order valence-electron chi connectivity index (χ3n) is 6.84. The fraction of sp³-hybridized carbons (Fsp3) is 0.0625. The molecule has 2 aromatic carbocycles. The van der Waals surface area contributed by atoms with Crippen LogP contribution >= 0.6 is 0 Å². The highest BCUT2D eigenvalue weighted by molar-refractivity contribution is 5.88. The maximum atomic E-state index is 11.0. The Morgan fingerprint density at radius 1 is 0.927 bits per heavy atom. The van der Waals surface area contributed by atoms with Gasteiger partial charge < -0.3 is 17.8 Å². The molecule has 41 heavy (non-hydrogen) atoms. The molecule has 6 aromatic rings. The lowest BCUT2D eigenvalue weighted by molar-refractivity contribution is -0.384. The van der Waals surface area contributed by atoms with Gasteiger partial charge in [0, 0.05) is 41.0 Å². The number of aliphatic imine (C=N–C) groups is 1. The fourth-order valence-corrected chi connectivity index (χ4v) is 4.87. The van der Waals surface area contributed by atoms with Gasteiger partial charge in [0.2, 0.25) is 5.88 Å². The molecule has 9 nitrogen and oxygen atoms in total. The van der Waals surface area contributed by atoms with Crippen molar-refractivity contribution in [1.82, 2.24) is 4.57 Å². The third kappa shape index (κ3) is 4.64. The van der Waals surface area contributed by atoms with Crippen LogP contribution in [0.4, 0.5) is 11.6 Å². The van der Waals surface area contributed by atoms with Crippen LogP contribution in [0.15, 0.2) is 110 Å². The lowest BCUT2D eigenvalue weighted by Gasteiger charge is -2.11. The number of hydrogen-bond acceptors (Lipinski definition) is 7. The van der Waals surface area contributed by atoms with Gasteiger partial charge in [-0.3, -0.25) is 10.1 Å². The van der Waals surface area contributed by atoms with E-state index in [4.69, 9.17) is 13.3 Å². The molecule has 200 valence electrons. The molecule has 6 rings (SSSR count). The van der Waals surface area contributed by atoms with Crippen molar-refractivity contribution in [3.63, 3.8) is 0 Å². The number of furan rings is 3. The summed E-state index contributed by atoms with van der Waals surface area (Å²) in [6.07, 6.45) is 4.75. The van der Waals surface area contributed by atoms with Gasteiger partial charge in [0.1, 0.15) is 17.4 Å². The van der Waals surface area contributed by atoms with E-state index in [1.54, 1.807) is 42.6 Å². The molecular formula is C32H22N4O5. The Balaban J connectivity index is 1.32. The Kier molecular flexibility index (Phi) is 6.42. The Bertz CT molecular complexity index is 1920. The van der Waals surface area contributed by atoms with Crippen LogP contribution in [0.25, 0.3) is 39.7 Å². The minimum Gasteiger partial charge on any atom is -0.464 e. The van der Waals surface area contributed by atoms with Gasteiger partial charge in [-0.05, 0) is 79.6 Å². The molecule has 0 fully saturated rings. The molecule has 0 aliphatic carbocycles. The van der Waals surface area contributed by atoms with Crippen LogP contribution in [-0.4, -0.2) is 15.7 Å². The second-order valence-corrected chi connectivity index (χ2v) is 9.32. The van der Waals surface area contributed by atoms with Crippen molar-refractivity contribution in [1.29, 1.82) is 5.26 Å². The number of benzene rings is 2. The van der Waals surface area contributed by atoms with Crippen LogP contribution in [0.2, 0.25) is 0 Å². The second-order valence-electron chi connectivity index (χ2n) is 9.32. The first-order valence-corrected chi connectivity index (χ1v) is 12.7. The Morgan fingerprint density at radius 2 is 1.56 bits per heavy atom. The van der Waals surface area contributed by atoms with E-state index in [1.807, 2.05) is 44.2 Å². The lowest BCUT2D eigenvalue weighted by atomic mass is 10.0. The molecule has 4 aromatic heterocycles. The van der Waals surface area contributed by atoms with Gasteiger partial charge in [-0.1, -0.05) is 12.1 Å². The molecule has 9 heteroatoms. The summed E-state index contributed by atoms with van der Waals surface area (Å²) in [5, 5.41) is 21.0.